The molecule has 5 bridgehead atoms. The van der Waals surface area contributed by atoms with Gasteiger partial charge in [-0.2, -0.15) is 5.10 Å². The second kappa shape index (κ2) is 23.7. The predicted octanol–water partition coefficient (Wildman–Crippen LogP) is 5.07. The minimum absolute atomic E-state index is 0.0548. The van der Waals surface area contributed by atoms with Gasteiger partial charge in [0, 0.05) is 92.6 Å². The normalized spacial score (nSPS) is 30.5. The van der Waals surface area contributed by atoms with Gasteiger partial charge in [0.15, 0.2) is 17.7 Å². The van der Waals surface area contributed by atoms with Crippen molar-refractivity contribution in [3.8, 4) is 23.0 Å². The molecule has 11 rings (SSSR count). The highest BCUT2D eigenvalue weighted by Crippen LogP contribution is 2.58. The Kier molecular flexibility index (Phi) is 17.1. The van der Waals surface area contributed by atoms with E-state index in [-0.39, 0.29) is 73.5 Å². The number of amides is 1. The number of aromatic nitrogens is 1. The number of allylic oxidation sites excluding steroid dienone is 2. The monoisotopic (exact) mass is 1190 g/mol. The zero-order chi connectivity index (χ0) is 62.2. The zero-order valence-corrected chi connectivity index (χ0v) is 49.5. The number of nitrogens with one attached hydrogen (secondary N) is 2. The summed E-state index contributed by atoms with van der Waals surface area (Å²) in [5.74, 6) is -8.38. The molecule has 7 heterocycles. The quantitative estimate of drug-likeness (QED) is 0.0427. The Morgan fingerprint density at radius 2 is 1.63 bits per heavy atom. The molecule has 2 aliphatic carbocycles. The van der Waals surface area contributed by atoms with Gasteiger partial charge >= 0.3 is 11.9 Å². The lowest BCUT2D eigenvalue weighted by Gasteiger charge is -2.37. The Balaban J connectivity index is 0.921. The van der Waals surface area contributed by atoms with Crippen molar-refractivity contribution in [3.63, 3.8) is 0 Å². The van der Waals surface area contributed by atoms with E-state index in [1.165, 1.54) is 76.0 Å². The second-order valence-electron chi connectivity index (χ2n) is 24.5. The number of carboxylic acid groups (broad SMARTS) is 1. The molecular weight excluding hydrogens is 1120 g/mol. The van der Waals surface area contributed by atoms with Gasteiger partial charge < -0.3 is 81.7 Å². The van der Waals surface area contributed by atoms with E-state index in [4.69, 9.17) is 35.5 Å². The number of hydrogen-bond donors (Lipinski definition) is 11. The third kappa shape index (κ3) is 11.2. The summed E-state index contributed by atoms with van der Waals surface area (Å²) in [6.45, 7) is 12.8. The molecule has 1 unspecified atom stereocenters. The van der Waals surface area contributed by atoms with Gasteiger partial charge in [0.1, 0.15) is 28.9 Å². The average molecular weight is 1200 g/mol. The van der Waals surface area contributed by atoms with Gasteiger partial charge in [0.25, 0.3) is 17.3 Å². The molecule has 1 amide bonds. The van der Waals surface area contributed by atoms with Gasteiger partial charge in [-0.05, 0) is 101 Å². The van der Waals surface area contributed by atoms with Crippen LogP contribution in [-0.2, 0) is 23.8 Å². The number of nitrogens with two attached hydrogens (primary N) is 2. The number of carbonyl (C=O) groups excluding carboxylic acids is 2. The summed E-state index contributed by atoms with van der Waals surface area (Å²) in [5.41, 5.74) is 13.6. The minimum Gasteiger partial charge on any atom is -0.507 e. The van der Waals surface area contributed by atoms with Crippen LogP contribution in [0.15, 0.2) is 58.3 Å². The molecule has 464 valence electrons. The van der Waals surface area contributed by atoms with Crippen LogP contribution < -0.4 is 37.3 Å². The fourth-order valence-corrected chi connectivity index (χ4v) is 13.3. The number of anilines is 2. The summed E-state index contributed by atoms with van der Waals surface area (Å²) in [6, 6.07) is -1.12. The highest BCUT2D eigenvalue weighted by Gasteiger charge is 2.53. The topological polar surface area (TPSA) is 346 Å². The number of aromatic carboxylic acids is 1. The highest BCUT2D eigenvalue weighted by atomic mass is 19.1. The van der Waals surface area contributed by atoms with Crippen LogP contribution >= 0.6 is 0 Å². The molecule has 13 N–H and O–H groups in total. The Morgan fingerprint density at radius 3 is 2.27 bits per heavy atom. The first kappa shape index (κ1) is 61.8. The van der Waals surface area contributed by atoms with Crippen molar-refractivity contribution in [1.82, 2.24) is 14.7 Å². The lowest BCUT2D eigenvalue weighted by atomic mass is 9.84. The average Bonchev–Trinajstić information content (AvgIpc) is 1.54. The van der Waals surface area contributed by atoms with Gasteiger partial charge in [-0.1, -0.05) is 32.1 Å². The van der Waals surface area contributed by atoms with Gasteiger partial charge in [-0.15, -0.1) is 0 Å². The fourth-order valence-electron chi connectivity index (χ4n) is 13.3. The van der Waals surface area contributed by atoms with Crippen LogP contribution in [0.2, 0.25) is 0 Å². The number of carbonyl (C=O) groups is 3. The molecule has 2 aromatic heterocycles. The first-order valence-corrected chi connectivity index (χ1v) is 29.4. The Hall–Kier alpha value is -7.32. The summed E-state index contributed by atoms with van der Waals surface area (Å²) < 4.78 is 41.2. The maximum Gasteiger partial charge on any atom is 0.341 e. The van der Waals surface area contributed by atoms with Gasteiger partial charge in [0.05, 0.1) is 76.9 Å². The molecule has 5 aliphatic heterocycles. The maximum atomic E-state index is 16.2. The Morgan fingerprint density at radius 1 is 0.930 bits per heavy atom. The number of aryl methyl sites for hydroxylation is 1. The summed E-state index contributed by atoms with van der Waals surface area (Å²) in [4.78, 5) is 53.9. The zero-order valence-electron chi connectivity index (χ0n) is 49.5. The molecular formula is C62H79FN8O15. The molecule has 2 saturated heterocycles. The third-order valence-corrected chi connectivity index (χ3v) is 18.7. The summed E-state index contributed by atoms with van der Waals surface area (Å²) >= 11 is 0. The van der Waals surface area contributed by atoms with Gasteiger partial charge in [-0.25, -0.2) is 9.18 Å². The predicted molar refractivity (Wildman–Crippen MR) is 317 cm³/mol. The summed E-state index contributed by atoms with van der Waals surface area (Å²) in [5, 5.41) is 94.2. The molecule has 2 aromatic carbocycles. The van der Waals surface area contributed by atoms with Crippen molar-refractivity contribution >= 4 is 51.7 Å². The lowest BCUT2D eigenvalue weighted by Crippen LogP contribution is -2.60. The van der Waals surface area contributed by atoms with Crippen LogP contribution in [0.3, 0.4) is 0 Å². The van der Waals surface area contributed by atoms with E-state index in [0.29, 0.717) is 55.8 Å². The number of aromatic hydroxyl groups is 3. The number of aliphatic hydroxyl groups excluding tert-OH is 3. The number of rotatable bonds is 10. The molecule has 24 heteroatoms. The number of esters is 1. The van der Waals surface area contributed by atoms with E-state index in [1.54, 1.807) is 24.9 Å². The third-order valence-electron chi connectivity index (χ3n) is 18.7. The Labute approximate surface area is 496 Å². The van der Waals surface area contributed by atoms with E-state index in [9.17, 15) is 54.9 Å². The number of benzene rings is 2. The van der Waals surface area contributed by atoms with Crippen molar-refractivity contribution in [2.24, 2.45) is 34.3 Å². The van der Waals surface area contributed by atoms with E-state index in [1.807, 2.05) is 6.92 Å². The molecule has 4 aromatic rings. The Bertz CT molecular complexity index is 3550. The lowest BCUT2D eigenvalue weighted by molar-refractivity contribution is -0.181. The smallest absolute Gasteiger partial charge is 0.341 e. The van der Waals surface area contributed by atoms with E-state index in [2.05, 4.69) is 15.5 Å². The number of nitrogens with zero attached hydrogens (tertiary/aromatic N) is 4. The summed E-state index contributed by atoms with van der Waals surface area (Å²) in [7, 11) is 1.38. The maximum absolute atomic E-state index is 16.2. The molecule has 7 aliphatic rings. The summed E-state index contributed by atoms with van der Waals surface area (Å²) in [6.07, 6.45) is 8.46. The van der Waals surface area contributed by atoms with Crippen molar-refractivity contribution in [2.45, 2.75) is 159 Å². The molecule has 11 atom stereocenters. The number of methoxy groups -OCH3 is 1. The highest BCUT2D eigenvalue weighted by molar-refractivity contribution is 6.16. The number of aliphatic hydroxyl groups is 3. The number of phenols is 3. The number of pyridine rings is 2. The van der Waals surface area contributed by atoms with Gasteiger partial charge in [0.2, 0.25) is 0 Å². The van der Waals surface area contributed by atoms with E-state index < -0.39 is 107 Å². The fraction of sp³-hybridized carbons (Fsp3) is 0.532. The number of phenolic OH excluding ortho intramolecular Hbond substituents is 3. The second-order valence-corrected chi connectivity index (χ2v) is 24.5. The van der Waals surface area contributed by atoms with Crippen LogP contribution in [-0.4, -0.2) is 156 Å². The van der Waals surface area contributed by atoms with Crippen molar-refractivity contribution < 1.29 is 73.5 Å². The first-order valence-electron chi connectivity index (χ1n) is 29.4. The van der Waals surface area contributed by atoms with Gasteiger partial charge in [-0.3, -0.25) is 23.8 Å². The van der Waals surface area contributed by atoms with Crippen molar-refractivity contribution in [3.05, 3.63) is 98.0 Å². The number of halogens is 1. The van der Waals surface area contributed by atoms with E-state index in [0.717, 1.165) is 43.9 Å². The molecule has 4 fully saturated rings. The number of fused-ring (bicyclic) bond motifs is 15. The first-order chi connectivity index (χ1) is 40.7. The van der Waals surface area contributed by atoms with Crippen molar-refractivity contribution in [1.29, 1.82) is 0 Å². The minimum atomic E-state index is -1.96. The molecule has 0 radical (unpaired) electrons. The van der Waals surface area contributed by atoms with Crippen LogP contribution in [0.4, 0.5) is 15.8 Å². The number of hydrazone groups is 1. The number of piperidine rings is 1. The number of hydrogen-bond acceptors (Lipinski definition) is 20. The number of ether oxygens (including phenoxy) is 4. The van der Waals surface area contributed by atoms with Crippen LogP contribution in [0.25, 0.3) is 16.3 Å². The number of carboxylic acids is 1. The van der Waals surface area contributed by atoms with Crippen LogP contribution in [0.5, 0.6) is 23.0 Å². The molecule has 23 nitrogen and oxygen atoms in total. The van der Waals surface area contributed by atoms with E-state index >= 15 is 4.39 Å². The standard InChI is InChI=1S/C62H79FN8O15/c1-28-10-9-11-29(2)58(79)67-47-39(25-66-70-21-15-36(16-22-70)68-62(18-19-62)35-14-20-69(26-35)49-31(4)48-37(34-12-13-34)24-38(60(81)82)59(80)71(48)27-40(49)63)52(75)42-43(53(47)76)51(74)32(5)55-44(42)57(78)61(7,86-55)84-23-17-41(83-8)30(3)56(85-33(6)72)46(65)54(77)45(64)50(28)73/h9-11,17,23-25,27-28,30,34-36,41,45-46,50,54,56-57,68,73-78H,12-16,18-22,26,64-65H2,1-8H3,(H,67,79)(H,81,82)/b10-9+,23-17+,29-11-,66-25+/t28-,30+,35+,41-,45+,46+,50-,54+,56+,57?,61-/m0/s1. The van der Waals surface area contributed by atoms with Crippen LogP contribution in [0, 0.1) is 37.4 Å². The molecule has 2 saturated carbocycles. The van der Waals surface area contributed by atoms with Crippen LogP contribution in [0.1, 0.15) is 130 Å². The molecule has 86 heavy (non-hydrogen) atoms. The SMILES string of the molecule is CO[C@H]1/C=C/O[C@@]2(C)Oc3c(C)c(O)c4c(O)c(c(/C=N/N5CCC(NC6([C@@H]7CCN(c8c(F)cn9c(=O)c(C(=O)O)cc(C%10CC%10)c9c8C)C7)CC6)CC5)c(O)c4c3C2O)NC(=O)/C(C)=C\C=C\[C@H](C)[C@H](O)[C@@H](N)[C@@H](O)[C@@H](N)[C@H](OC(C)=O)[C@@H]1C. The largest absolute Gasteiger partial charge is 0.507 e. The van der Waals surface area contributed by atoms with Crippen molar-refractivity contribution in [2.75, 3.05) is 43.5 Å². The molecule has 0 spiro atoms.